The fourth-order valence-electron chi connectivity index (χ4n) is 1.91. The van der Waals surface area contributed by atoms with Crippen LogP contribution in [0.15, 0.2) is 0 Å². The third-order valence-electron chi connectivity index (χ3n) is 2.71. The first-order valence-corrected chi connectivity index (χ1v) is 5.17. The van der Waals surface area contributed by atoms with E-state index in [1.54, 1.807) is 13.8 Å². The van der Waals surface area contributed by atoms with Gasteiger partial charge in [-0.1, -0.05) is 0 Å². The second-order valence-electron chi connectivity index (χ2n) is 4.42. The molecular weight excluding hydrogens is 200 g/mol. The van der Waals surface area contributed by atoms with Crippen molar-refractivity contribution < 1.29 is 24.1 Å². The molecule has 2 aliphatic heterocycles. The van der Waals surface area contributed by atoms with E-state index in [9.17, 15) is 9.90 Å². The van der Waals surface area contributed by atoms with Crippen LogP contribution < -0.4 is 0 Å². The van der Waals surface area contributed by atoms with Gasteiger partial charge >= 0.3 is 5.97 Å². The highest BCUT2D eigenvalue weighted by atomic mass is 16.7. The minimum absolute atomic E-state index is 0.253. The van der Waals surface area contributed by atoms with Crippen LogP contribution in [0.3, 0.4) is 0 Å². The summed E-state index contributed by atoms with van der Waals surface area (Å²) in [5.74, 6) is -0.911. The molecule has 0 aromatic rings. The van der Waals surface area contributed by atoms with Crippen molar-refractivity contribution >= 4 is 5.97 Å². The summed E-state index contributed by atoms with van der Waals surface area (Å²) in [4.78, 5) is 10.9. The maximum absolute atomic E-state index is 10.9. The molecule has 0 aromatic heterocycles. The summed E-state index contributed by atoms with van der Waals surface area (Å²) in [6.07, 6.45) is -0.715. The molecule has 0 spiro atoms. The van der Waals surface area contributed by atoms with E-state index in [4.69, 9.17) is 14.2 Å². The quantitative estimate of drug-likeness (QED) is 0.668. The molecule has 5 nitrogen and oxygen atoms in total. The molecule has 86 valence electrons. The van der Waals surface area contributed by atoms with Crippen molar-refractivity contribution in [2.75, 3.05) is 6.61 Å². The summed E-state index contributed by atoms with van der Waals surface area (Å²) in [5, 5.41) is 9.92. The van der Waals surface area contributed by atoms with E-state index in [0.29, 0.717) is 19.4 Å². The van der Waals surface area contributed by atoms with Crippen molar-refractivity contribution in [3.05, 3.63) is 0 Å². The molecule has 5 heteroatoms. The van der Waals surface area contributed by atoms with Gasteiger partial charge in [0.1, 0.15) is 18.3 Å². The van der Waals surface area contributed by atoms with Gasteiger partial charge in [0, 0.05) is 6.42 Å². The second kappa shape index (κ2) is 3.73. The lowest BCUT2D eigenvalue weighted by Gasteiger charge is -2.23. The molecule has 2 saturated heterocycles. The Morgan fingerprint density at radius 2 is 2.20 bits per heavy atom. The lowest BCUT2D eigenvalue weighted by Crippen LogP contribution is -2.39. The molecule has 2 fully saturated rings. The molecule has 0 aromatic carbocycles. The minimum atomic E-state index is -0.793. The summed E-state index contributed by atoms with van der Waals surface area (Å²) in [6, 6.07) is 0. The summed E-state index contributed by atoms with van der Waals surface area (Å²) in [7, 11) is 0. The van der Waals surface area contributed by atoms with Gasteiger partial charge in [-0.3, -0.25) is 4.79 Å². The molecule has 2 rings (SSSR count). The highest BCUT2D eigenvalue weighted by Gasteiger charge is 2.42. The third-order valence-corrected chi connectivity index (χ3v) is 2.71. The van der Waals surface area contributed by atoms with E-state index < -0.39 is 24.1 Å². The number of aliphatic hydroxyl groups is 1. The molecule has 2 heterocycles. The zero-order valence-corrected chi connectivity index (χ0v) is 8.93. The van der Waals surface area contributed by atoms with E-state index in [1.807, 2.05) is 0 Å². The SMILES string of the molecule is CC1(C)OC[C@H]([C@@H](O)[C@@H]2CCC(=O)O2)O1. The first-order chi connectivity index (χ1) is 6.98. The van der Waals surface area contributed by atoms with Crippen molar-refractivity contribution in [3.8, 4) is 0 Å². The molecule has 3 atom stereocenters. The smallest absolute Gasteiger partial charge is 0.306 e. The fraction of sp³-hybridized carbons (Fsp3) is 0.900. The number of rotatable bonds is 2. The molecule has 0 saturated carbocycles. The Bertz CT molecular complexity index is 263. The van der Waals surface area contributed by atoms with Crippen LogP contribution in [0, 0.1) is 0 Å². The predicted octanol–water partition coefficient (Wildman–Crippen LogP) is 0.204. The molecule has 0 amide bonds. The van der Waals surface area contributed by atoms with Gasteiger partial charge in [0.25, 0.3) is 0 Å². The van der Waals surface area contributed by atoms with Gasteiger partial charge in [-0.25, -0.2) is 0 Å². The monoisotopic (exact) mass is 216 g/mol. The first kappa shape index (κ1) is 10.9. The highest BCUT2D eigenvalue weighted by Crippen LogP contribution is 2.28. The summed E-state index contributed by atoms with van der Waals surface area (Å²) < 4.78 is 15.8. The average Bonchev–Trinajstić information content (AvgIpc) is 2.71. The Morgan fingerprint density at radius 3 is 2.67 bits per heavy atom. The molecule has 0 aliphatic carbocycles. The largest absolute Gasteiger partial charge is 0.459 e. The van der Waals surface area contributed by atoms with E-state index >= 15 is 0 Å². The summed E-state index contributed by atoms with van der Waals surface area (Å²) in [5.41, 5.74) is 0. The average molecular weight is 216 g/mol. The molecule has 0 bridgehead atoms. The van der Waals surface area contributed by atoms with Crippen molar-refractivity contribution in [2.45, 2.75) is 50.8 Å². The van der Waals surface area contributed by atoms with Gasteiger partial charge in [-0.15, -0.1) is 0 Å². The first-order valence-electron chi connectivity index (χ1n) is 5.17. The molecular formula is C10H16O5. The van der Waals surface area contributed by atoms with Crippen LogP contribution in [0.1, 0.15) is 26.7 Å². The zero-order chi connectivity index (χ0) is 11.1. The van der Waals surface area contributed by atoms with Crippen molar-refractivity contribution in [2.24, 2.45) is 0 Å². The van der Waals surface area contributed by atoms with E-state index in [0.717, 1.165) is 0 Å². The molecule has 1 N–H and O–H groups in total. The van der Waals surface area contributed by atoms with Crippen LogP contribution in [0.5, 0.6) is 0 Å². The maximum Gasteiger partial charge on any atom is 0.306 e. The van der Waals surface area contributed by atoms with E-state index in [2.05, 4.69) is 0 Å². The Balaban J connectivity index is 1.91. The van der Waals surface area contributed by atoms with Crippen LogP contribution in [-0.2, 0) is 19.0 Å². The number of ether oxygens (including phenoxy) is 3. The standard InChI is InChI=1S/C10H16O5/c1-10(2)13-5-7(15-10)9(12)6-3-4-8(11)14-6/h6-7,9,12H,3-5H2,1-2H3/t6-,7+,9-/m0/s1. The molecule has 0 radical (unpaired) electrons. The lowest BCUT2D eigenvalue weighted by atomic mass is 10.1. The fourth-order valence-corrected chi connectivity index (χ4v) is 1.91. The number of carbonyl (C=O) groups is 1. The van der Waals surface area contributed by atoms with Crippen LogP contribution >= 0.6 is 0 Å². The highest BCUT2D eigenvalue weighted by molar-refractivity contribution is 5.71. The third kappa shape index (κ3) is 2.30. The topological polar surface area (TPSA) is 65.0 Å². The van der Waals surface area contributed by atoms with Crippen LogP contribution in [-0.4, -0.2) is 41.8 Å². The van der Waals surface area contributed by atoms with E-state index in [-0.39, 0.29) is 5.97 Å². The van der Waals surface area contributed by atoms with Crippen LogP contribution in [0.25, 0.3) is 0 Å². The van der Waals surface area contributed by atoms with Gasteiger partial charge in [-0.05, 0) is 20.3 Å². The number of cyclic esters (lactones) is 1. The van der Waals surface area contributed by atoms with Gasteiger partial charge in [0.2, 0.25) is 0 Å². The van der Waals surface area contributed by atoms with Gasteiger partial charge < -0.3 is 19.3 Å². The molecule has 15 heavy (non-hydrogen) atoms. The van der Waals surface area contributed by atoms with Crippen molar-refractivity contribution in [1.29, 1.82) is 0 Å². The number of carbonyl (C=O) groups excluding carboxylic acids is 1. The van der Waals surface area contributed by atoms with Crippen molar-refractivity contribution in [3.63, 3.8) is 0 Å². The van der Waals surface area contributed by atoms with Gasteiger partial charge in [-0.2, -0.15) is 0 Å². The number of hydrogen-bond acceptors (Lipinski definition) is 5. The van der Waals surface area contributed by atoms with Crippen LogP contribution in [0.4, 0.5) is 0 Å². The normalized spacial score (nSPS) is 36.6. The second-order valence-corrected chi connectivity index (χ2v) is 4.42. The maximum atomic E-state index is 10.9. The molecule has 2 aliphatic rings. The number of esters is 1. The Kier molecular flexibility index (Phi) is 2.70. The zero-order valence-electron chi connectivity index (χ0n) is 8.93. The van der Waals surface area contributed by atoms with E-state index in [1.165, 1.54) is 0 Å². The Hall–Kier alpha value is -0.650. The summed E-state index contributed by atoms with van der Waals surface area (Å²) in [6.45, 7) is 3.92. The van der Waals surface area contributed by atoms with Gasteiger partial charge in [0.05, 0.1) is 6.61 Å². The minimum Gasteiger partial charge on any atom is -0.459 e. The van der Waals surface area contributed by atoms with Gasteiger partial charge in [0.15, 0.2) is 5.79 Å². The molecule has 0 unspecified atom stereocenters. The predicted molar refractivity (Wildman–Crippen MR) is 50.0 cm³/mol. The Morgan fingerprint density at radius 1 is 1.47 bits per heavy atom. The lowest BCUT2D eigenvalue weighted by molar-refractivity contribution is -0.166. The Labute approximate surface area is 88.3 Å². The summed E-state index contributed by atoms with van der Waals surface area (Å²) >= 11 is 0. The number of hydrogen-bond donors (Lipinski definition) is 1. The van der Waals surface area contributed by atoms with Crippen molar-refractivity contribution in [1.82, 2.24) is 0 Å². The van der Waals surface area contributed by atoms with Crippen LogP contribution in [0.2, 0.25) is 0 Å². The number of aliphatic hydroxyl groups excluding tert-OH is 1.